The van der Waals surface area contributed by atoms with Crippen molar-refractivity contribution in [2.24, 2.45) is 0 Å². The summed E-state index contributed by atoms with van der Waals surface area (Å²) in [6, 6.07) is 14.6. The molecule has 108 valence electrons. The standard InChI is InChI=1S/C16H14O5/c1-11(16(19)21-13-7-3-2-4-8-13)20-14-9-5-6-12(10-14)15(17)18/h2-11H,1H3,(H,17,18). The molecule has 5 nitrogen and oxygen atoms in total. The van der Waals surface area contributed by atoms with Gasteiger partial charge in [-0.25, -0.2) is 9.59 Å². The van der Waals surface area contributed by atoms with Gasteiger partial charge in [0.1, 0.15) is 11.5 Å². The first-order chi connectivity index (χ1) is 10.1. The number of para-hydroxylation sites is 1. The summed E-state index contributed by atoms with van der Waals surface area (Å²) in [4.78, 5) is 22.7. The molecule has 0 aliphatic heterocycles. The lowest BCUT2D eigenvalue weighted by Gasteiger charge is -2.14. The van der Waals surface area contributed by atoms with Crippen LogP contribution >= 0.6 is 0 Å². The number of carboxylic acids is 1. The second-order valence-corrected chi connectivity index (χ2v) is 4.33. The van der Waals surface area contributed by atoms with E-state index in [1.807, 2.05) is 6.07 Å². The van der Waals surface area contributed by atoms with Crippen molar-refractivity contribution in [2.75, 3.05) is 0 Å². The lowest BCUT2D eigenvalue weighted by atomic mass is 10.2. The molecule has 0 amide bonds. The van der Waals surface area contributed by atoms with E-state index in [0.29, 0.717) is 11.5 Å². The van der Waals surface area contributed by atoms with E-state index in [1.165, 1.54) is 12.1 Å². The van der Waals surface area contributed by atoms with Gasteiger partial charge in [-0.2, -0.15) is 0 Å². The molecule has 2 rings (SSSR count). The first-order valence-electron chi connectivity index (χ1n) is 6.33. The molecule has 0 bridgehead atoms. The monoisotopic (exact) mass is 286 g/mol. The first kappa shape index (κ1) is 14.6. The summed E-state index contributed by atoms with van der Waals surface area (Å²) >= 11 is 0. The van der Waals surface area contributed by atoms with Crippen LogP contribution in [0.2, 0.25) is 0 Å². The van der Waals surface area contributed by atoms with Gasteiger partial charge < -0.3 is 14.6 Å². The van der Waals surface area contributed by atoms with Crippen LogP contribution in [0.15, 0.2) is 54.6 Å². The highest BCUT2D eigenvalue weighted by Gasteiger charge is 2.17. The fraction of sp³-hybridized carbons (Fsp3) is 0.125. The van der Waals surface area contributed by atoms with Crippen molar-refractivity contribution in [1.82, 2.24) is 0 Å². The summed E-state index contributed by atoms with van der Waals surface area (Å²) in [6.07, 6.45) is -0.853. The van der Waals surface area contributed by atoms with Gasteiger partial charge in [0.15, 0.2) is 6.10 Å². The molecule has 0 fully saturated rings. The molecule has 5 heteroatoms. The first-order valence-corrected chi connectivity index (χ1v) is 6.33. The van der Waals surface area contributed by atoms with E-state index in [2.05, 4.69) is 0 Å². The van der Waals surface area contributed by atoms with Crippen molar-refractivity contribution >= 4 is 11.9 Å². The fourth-order valence-electron chi connectivity index (χ4n) is 1.64. The van der Waals surface area contributed by atoms with Crippen LogP contribution in [0.25, 0.3) is 0 Å². The Bertz CT molecular complexity index is 636. The van der Waals surface area contributed by atoms with Crippen molar-refractivity contribution < 1.29 is 24.2 Å². The molecular formula is C16H14O5. The van der Waals surface area contributed by atoms with Crippen molar-refractivity contribution in [2.45, 2.75) is 13.0 Å². The van der Waals surface area contributed by atoms with Crippen LogP contribution in [0.1, 0.15) is 17.3 Å². The van der Waals surface area contributed by atoms with Crippen LogP contribution < -0.4 is 9.47 Å². The second kappa shape index (κ2) is 6.56. The van der Waals surface area contributed by atoms with Gasteiger partial charge in [0.05, 0.1) is 5.56 Å². The Morgan fingerprint density at radius 3 is 2.33 bits per heavy atom. The van der Waals surface area contributed by atoms with E-state index in [4.69, 9.17) is 14.6 Å². The van der Waals surface area contributed by atoms with Gasteiger partial charge in [-0.05, 0) is 37.3 Å². The normalized spacial score (nSPS) is 11.5. The molecule has 1 unspecified atom stereocenters. The highest BCUT2D eigenvalue weighted by Crippen LogP contribution is 2.16. The SMILES string of the molecule is CC(Oc1cccc(C(=O)O)c1)C(=O)Oc1ccccc1. The fourth-order valence-corrected chi connectivity index (χ4v) is 1.64. The number of hydrogen-bond acceptors (Lipinski definition) is 4. The van der Waals surface area contributed by atoms with Crippen LogP contribution in [-0.4, -0.2) is 23.1 Å². The molecule has 0 aliphatic rings. The van der Waals surface area contributed by atoms with Crippen molar-refractivity contribution in [3.63, 3.8) is 0 Å². The van der Waals surface area contributed by atoms with Crippen LogP contribution in [0, 0.1) is 0 Å². The third-order valence-corrected chi connectivity index (χ3v) is 2.69. The van der Waals surface area contributed by atoms with Crippen molar-refractivity contribution in [1.29, 1.82) is 0 Å². The van der Waals surface area contributed by atoms with Gasteiger partial charge in [0.25, 0.3) is 0 Å². The molecule has 0 heterocycles. The molecule has 0 aliphatic carbocycles. The molecule has 2 aromatic carbocycles. The molecule has 21 heavy (non-hydrogen) atoms. The van der Waals surface area contributed by atoms with Gasteiger partial charge in [0, 0.05) is 0 Å². The lowest BCUT2D eigenvalue weighted by Crippen LogP contribution is -2.28. The Balaban J connectivity index is 2.00. The number of hydrogen-bond donors (Lipinski definition) is 1. The van der Waals surface area contributed by atoms with E-state index < -0.39 is 18.0 Å². The highest BCUT2D eigenvalue weighted by atomic mass is 16.6. The molecule has 0 spiro atoms. The number of carboxylic acid groups (broad SMARTS) is 1. The second-order valence-electron chi connectivity index (χ2n) is 4.33. The van der Waals surface area contributed by atoms with Gasteiger partial charge in [0.2, 0.25) is 0 Å². The van der Waals surface area contributed by atoms with Gasteiger partial charge in [-0.15, -0.1) is 0 Å². The van der Waals surface area contributed by atoms with E-state index in [1.54, 1.807) is 43.3 Å². The maximum absolute atomic E-state index is 11.9. The summed E-state index contributed by atoms with van der Waals surface area (Å²) in [7, 11) is 0. The third-order valence-electron chi connectivity index (χ3n) is 2.69. The van der Waals surface area contributed by atoms with E-state index in [-0.39, 0.29) is 5.56 Å². The Hall–Kier alpha value is -2.82. The van der Waals surface area contributed by atoms with Gasteiger partial charge in [-0.1, -0.05) is 24.3 Å². The van der Waals surface area contributed by atoms with E-state index in [9.17, 15) is 9.59 Å². The van der Waals surface area contributed by atoms with Gasteiger partial charge >= 0.3 is 11.9 Å². The number of aromatic carboxylic acids is 1. The van der Waals surface area contributed by atoms with Crippen LogP contribution in [0.3, 0.4) is 0 Å². The minimum Gasteiger partial charge on any atom is -0.479 e. The largest absolute Gasteiger partial charge is 0.479 e. The number of esters is 1. The summed E-state index contributed by atoms with van der Waals surface area (Å²) < 4.78 is 10.5. The molecule has 1 atom stereocenters. The summed E-state index contributed by atoms with van der Waals surface area (Å²) in [5.41, 5.74) is 0.0936. The van der Waals surface area contributed by atoms with Crippen LogP contribution in [0.4, 0.5) is 0 Å². The topological polar surface area (TPSA) is 72.8 Å². The Morgan fingerprint density at radius 1 is 1.00 bits per heavy atom. The predicted molar refractivity (Wildman–Crippen MR) is 75.6 cm³/mol. The average molecular weight is 286 g/mol. The molecular weight excluding hydrogens is 272 g/mol. The quantitative estimate of drug-likeness (QED) is 0.676. The lowest BCUT2D eigenvalue weighted by molar-refractivity contribution is -0.141. The van der Waals surface area contributed by atoms with Gasteiger partial charge in [-0.3, -0.25) is 0 Å². The molecule has 0 saturated carbocycles. The smallest absolute Gasteiger partial charge is 0.352 e. The van der Waals surface area contributed by atoms with E-state index in [0.717, 1.165) is 0 Å². The Labute approximate surface area is 121 Å². The summed E-state index contributed by atoms with van der Waals surface area (Å²) in [5, 5.41) is 8.90. The minimum absolute atomic E-state index is 0.0936. The summed E-state index contributed by atoms with van der Waals surface area (Å²) in [6.45, 7) is 1.54. The number of rotatable bonds is 5. The maximum atomic E-state index is 11.9. The number of carbonyl (C=O) groups excluding carboxylic acids is 1. The zero-order valence-electron chi connectivity index (χ0n) is 11.4. The zero-order valence-corrected chi connectivity index (χ0v) is 11.4. The predicted octanol–water partition coefficient (Wildman–Crippen LogP) is 2.76. The zero-order chi connectivity index (χ0) is 15.2. The molecule has 0 aromatic heterocycles. The number of ether oxygens (including phenoxy) is 2. The number of carbonyl (C=O) groups is 2. The average Bonchev–Trinajstić information content (AvgIpc) is 2.48. The van der Waals surface area contributed by atoms with Crippen LogP contribution in [0.5, 0.6) is 11.5 Å². The third kappa shape index (κ3) is 4.07. The maximum Gasteiger partial charge on any atom is 0.352 e. The summed E-state index contributed by atoms with van der Waals surface area (Å²) in [5.74, 6) is -0.883. The molecule has 0 saturated heterocycles. The van der Waals surface area contributed by atoms with Crippen LogP contribution in [-0.2, 0) is 4.79 Å². The number of benzene rings is 2. The molecule has 1 N–H and O–H groups in total. The van der Waals surface area contributed by atoms with E-state index >= 15 is 0 Å². The van der Waals surface area contributed by atoms with Crippen molar-refractivity contribution in [3.8, 4) is 11.5 Å². The Kier molecular flexibility index (Phi) is 4.56. The van der Waals surface area contributed by atoms with Crippen molar-refractivity contribution in [3.05, 3.63) is 60.2 Å². The molecule has 0 radical (unpaired) electrons. The Morgan fingerprint density at radius 2 is 1.67 bits per heavy atom. The molecule has 2 aromatic rings. The highest BCUT2D eigenvalue weighted by molar-refractivity contribution is 5.88. The minimum atomic E-state index is -1.06.